The number of benzene rings is 1. The molecule has 0 unspecified atom stereocenters. The number of nitrogens with zero attached hydrogens (tertiary/aromatic N) is 1. The Morgan fingerprint density at radius 1 is 1.50 bits per heavy atom. The molecule has 3 heteroatoms. The van der Waals surface area contributed by atoms with Crippen molar-refractivity contribution in [1.82, 2.24) is 0 Å². The van der Waals surface area contributed by atoms with Gasteiger partial charge in [-0.05, 0) is 30.5 Å². The number of fused-ring (bicyclic) bond motifs is 1. The normalized spacial score (nSPS) is 14.3. The zero-order valence-electron chi connectivity index (χ0n) is 8.37. The van der Waals surface area contributed by atoms with E-state index < -0.39 is 5.97 Å². The van der Waals surface area contributed by atoms with Crippen LogP contribution >= 0.6 is 0 Å². The lowest BCUT2D eigenvalue weighted by molar-refractivity contribution is 0.0697. The molecule has 0 saturated carbocycles. The van der Waals surface area contributed by atoms with E-state index in [1.807, 2.05) is 18.9 Å². The van der Waals surface area contributed by atoms with Gasteiger partial charge in [-0.1, -0.05) is 6.07 Å². The minimum absolute atomic E-state index is 0.431. The zero-order valence-corrected chi connectivity index (χ0v) is 8.37. The molecule has 0 fully saturated rings. The topological polar surface area (TPSA) is 40.5 Å². The molecule has 0 amide bonds. The van der Waals surface area contributed by atoms with Crippen molar-refractivity contribution in [3.05, 3.63) is 28.8 Å². The summed E-state index contributed by atoms with van der Waals surface area (Å²) in [6, 6.07) is 3.81. The van der Waals surface area contributed by atoms with Crippen LogP contribution < -0.4 is 4.90 Å². The highest BCUT2D eigenvalue weighted by Crippen LogP contribution is 2.31. The number of aromatic carboxylic acids is 1. The standard InChI is InChI=1S/C11H13NO2/c1-7-5-8-3-4-12(2)10(8)9(6-7)11(13)14/h5-6H,3-4H2,1-2H3,(H,13,14). The van der Waals surface area contributed by atoms with Gasteiger partial charge in [-0.25, -0.2) is 4.79 Å². The molecule has 1 aromatic carbocycles. The number of anilines is 1. The van der Waals surface area contributed by atoms with Crippen LogP contribution in [0.5, 0.6) is 0 Å². The predicted molar refractivity (Wildman–Crippen MR) is 55.1 cm³/mol. The van der Waals surface area contributed by atoms with Gasteiger partial charge in [-0.3, -0.25) is 0 Å². The monoisotopic (exact) mass is 191 g/mol. The second-order valence-electron chi connectivity index (χ2n) is 3.80. The van der Waals surface area contributed by atoms with E-state index in [0.717, 1.165) is 29.8 Å². The second-order valence-corrected chi connectivity index (χ2v) is 3.80. The fourth-order valence-electron chi connectivity index (χ4n) is 2.06. The molecule has 1 heterocycles. The Morgan fingerprint density at radius 3 is 2.86 bits per heavy atom. The van der Waals surface area contributed by atoms with Gasteiger partial charge in [0.25, 0.3) is 0 Å². The minimum Gasteiger partial charge on any atom is -0.478 e. The van der Waals surface area contributed by atoms with E-state index >= 15 is 0 Å². The van der Waals surface area contributed by atoms with Crippen LogP contribution in [0, 0.1) is 6.92 Å². The van der Waals surface area contributed by atoms with Crippen molar-refractivity contribution in [1.29, 1.82) is 0 Å². The summed E-state index contributed by atoms with van der Waals surface area (Å²) in [6.07, 6.45) is 0.952. The number of carboxylic acids is 1. The molecule has 0 radical (unpaired) electrons. The average Bonchev–Trinajstić information content (AvgIpc) is 2.46. The van der Waals surface area contributed by atoms with Crippen LogP contribution in [-0.2, 0) is 6.42 Å². The maximum atomic E-state index is 11.0. The van der Waals surface area contributed by atoms with Crippen molar-refractivity contribution in [3.63, 3.8) is 0 Å². The average molecular weight is 191 g/mol. The largest absolute Gasteiger partial charge is 0.478 e. The van der Waals surface area contributed by atoms with E-state index in [0.29, 0.717) is 5.56 Å². The van der Waals surface area contributed by atoms with Gasteiger partial charge in [0.2, 0.25) is 0 Å². The van der Waals surface area contributed by atoms with Crippen LogP contribution in [0.4, 0.5) is 5.69 Å². The molecular formula is C11H13NO2. The molecule has 1 aliphatic heterocycles. The lowest BCUT2D eigenvalue weighted by Crippen LogP contribution is -2.15. The van der Waals surface area contributed by atoms with Gasteiger partial charge in [-0.2, -0.15) is 0 Å². The predicted octanol–water partition coefficient (Wildman–Crippen LogP) is 1.69. The molecule has 74 valence electrons. The van der Waals surface area contributed by atoms with Gasteiger partial charge < -0.3 is 10.0 Å². The van der Waals surface area contributed by atoms with Crippen LogP contribution in [0.2, 0.25) is 0 Å². The summed E-state index contributed by atoms with van der Waals surface area (Å²) in [5.74, 6) is -0.835. The number of hydrogen-bond donors (Lipinski definition) is 1. The maximum Gasteiger partial charge on any atom is 0.337 e. The summed E-state index contributed by atoms with van der Waals surface area (Å²) in [7, 11) is 1.94. The van der Waals surface area contributed by atoms with Crippen molar-refractivity contribution in [2.24, 2.45) is 0 Å². The van der Waals surface area contributed by atoms with Gasteiger partial charge in [0.1, 0.15) is 0 Å². The summed E-state index contributed by atoms with van der Waals surface area (Å²) in [5.41, 5.74) is 3.50. The van der Waals surface area contributed by atoms with Gasteiger partial charge in [0, 0.05) is 13.6 Å². The molecule has 1 N–H and O–H groups in total. The number of carbonyl (C=O) groups is 1. The first-order chi connectivity index (χ1) is 6.59. The molecule has 14 heavy (non-hydrogen) atoms. The Bertz CT molecular complexity index is 399. The Morgan fingerprint density at radius 2 is 2.21 bits per heavy atom. The molecule has 3 nitrogen and oxygen atoms in total. The number of aryl methyl sites for hydroxylation is 1. The fourth-order valence-corrected chi connectivity index (χ4v) is 2.06. The molecular weight excluding hydrogens is 178 g/mol. The smallest absolute Gasteiger partial charge is 0.337 e. The number of carboxylic acid groups (broad SMARTS) is 1. The number of likely N-dealkylation sites (N-methyl/N-ethyl adjacent to an activating group) is 1. The van der Waals surface area contributed by atoms with E-state index in [2.05, 4.69) is 6.07 Å². The van der Waals surface area contributed by atoms with Crippen LogP contribution in [0.3, 0.4) is 0 Å². The van der Waals surface area contributed by atoms with Crippen LogP contribution in [-0.4, -0.2) is 24.7 Å². The molecule has 1 aliphatic rings. The van der Waals surface area contributed by atoms with Crippen molar-refractivity contribution < 1.29 is 9.90 Å². The quantitative estimate of drug-likeness (QED) is 0.734. The van der Waals surface area contributed by atoms with Crippen LogP contribution in [0.25, 0.3) is 0 Å². The van der Waals surface area contributed by atoms with E-state index in [1.54, 1.807) is 6.07 Å². The third-order valence-electron chi connectivity index (χ3n) is 2.66. The van der Waals surface area contributed by atoms with E-state index in [1.165, 1.54) is 0 Å². The molecule has 1 aromatic rings. The van der Waals surface area contributed by atoms with Gasteiger partial charge in [0.05, 0.1) is 11.3 Å². The van der Waals surface area contributed by atoms with E-state index in [-0.39, 0.29) is 0 Å². The number of hydrogen-bond acceptors (Lipinski definition) is 2. The molecule has 2 rings (SSSR count). The SMILES string of the molecule is Cc1cc2c(c(C(=O)O)c1)N(C)CC2. The van der Waals surface area contributed by atoms with E-state index in [9.17, 15) is 4.79 Å². The van der Waals surface area contributed by atoms with Gasteiger partial charge >= 0.3 is 5.97 Å². The first-order valence-corrected chi connectivity index (χ1v) is 4.67. The molecule has 0 spiro atoms. The van der Waals surface area contributed by atoms with Gasteiger partial charge in [0.15, 0.2) is 0 Å². The third kappa shape index (κ3) is 1.25. The summed E-state index contributed by atoms with van der Waals surface area (Å²) < 4.78 is 0. The molecule has 0 atom stereocenters. The minimum atomic E-state index is -0.835. The lowest BCUT2D eigenvalue weighted by atomic mass is 10.0. The highest BCUT2D eigenvalue weighted by atomic mass is 16.4. The van der Waals surface area contributed by atoms with Crippen molar-refractivity contribution in [2.75, 3.05) is 18.5 Å². The Labute approximate surface area is 83.0 Å². The van der Waals surface area contributed by atoms with Crippen molar-refractivity contribution in [3.8, 4) is 0 Å². The summed E-state index contributed by atoms with van der Waals surface area (Å²) in [4.78, 5) is 13.0. The Balaban J connectivity index is 2.65. The molecule has 0 aromatic heterocycles. The first kappa shape index (κ1) is 9.06. The Kier molecular flexibility index (Phi) is 1.95. The van der Waals surface area contributed by atoms with Gasteiger partial charge in [-0.15, -0.1) is 0 Å². The second kappa shape index (κ2) is 3.01. The molecule has 0 saturated heterocycles. The van der Waals surface area contributed by atoms with E-state index in [4.69, 9.17) is 5.11 Å². The van der Waals surface area contributed by atoms with Crippen molar-refractivity contribution in [2.45, 2.75) is 13.3 Å². The maximum absolute atomic E-state index is 11.0. The zero-order chi connectivity index (χ0) is 10.3. The fraction of sp³-hybridized carbons (Fsp3) is 0.364. The van der Waals surface area contributed by atoms with Crippen LogP contribution in [0.15, 0.2) is 12.1 Å². The summed E-state index contributed by atoms with van der Waals surface area (Å²) in [6.45, 7) is 2.85. The molecule has 0 bridgehead atoms. The lowest BCUT2D eigenvalue weighted by Gasteiger charge is -2.15. The highest BCUT2D eigenvalue weighted by Gasteiger charge is 2.22. The summed E-state index contributed by atoms with van der Waals surface area (Å²) in [5, 5.41) is 9.06. The number of rotatable bonds is 1. The first-order valence-electron chi connectivity index (χ1n) is 4.67. The van der Waals surface area contributed by atoms with Crippen LogP contribution in [0.1, 0.15) is 21.5 Å². The van der Waals surface area contributed by atoms with Crippen molar-refractivity contribution >= 4 is 11.7 Å². The third-order valence-corrected chi connectivity index (χ3v) is 2.66. The highest BCUT2D eigenvalue weighted by molar-refractivity contribution is 5.96. The summed E-state index contributed by atoms with van der Waals surface area (Å²) >= 11 is 0. The Hall–Kier alpha value is -1.51. The molecule has 0 aliphatic carbocycles.